The van der Waals surface area contributed by atoms with Gasteiger partial charge in [-0.05, 0) is 76.2 Å². The minimum atomic E-state index is 0. The quantitative estimate of drug-likeness (QED) is 0.185. The van der Waals surface area contributed by atoms with Crippen LogP contribution < -0.4 is 20.1 Å². The lowest BCUT2D eigenvalue weighted by Crippen LogP contribution is -2.38. The Labute approximate surface area is 200 Å². The molecule has 1 aromatic rings. The van der Waals surface area contributed by atoms with Crippen molar-refractivity contribution in [1.29, 1.82) is 0 Å². The minimum Gasteiger partial charge on any atom is -0.493 e. The van der Waals surface area contributed by atoms with E-state index in [4.69, 9.17) is 14.5 Å². The molecule has 0 aromatic heterocycles. The van der Waals surface area contributed by atoms with Gasteiger partial charge in [-0.3, -0.25) is 4.99 Å². The largest absolute Gasteiger partial charge is 0.493 e. The molecule has 0 amide bonds. The zero-order valence-corrected chi connectivity index (χ0v) is 21.5. The molecule has 1 heterocycles. The number of hydrogen-bond acceptors (Lipinski definition) is 4. The first-order valence-corrected chi connectivity index (χ1v) is 11.2. The van der Waals surface area contributed by atoms with Gasteiger partial charge in [0.1, 0.15) is 0 Å². The highest BCUT2D eigenvalue weighted by molar-refractivity contribution is 14.0. The van der Waals surface area contributed by atoms with Crippen LogP contribution >= 0.6 is 24.0 Å². The number of likely N-dealkylation sites (tertiary alicyclic amines) is 1. The molecule has 30 heavy (non-hydrogen) atoms. The Hall–Kier alpha value is -1.22. The molecule has 0 bridgehead atoms. The Bertz CT molecular complexity index is 627. The van der Waals surface area contributed by atoms with Gasteiger partial charge in [0, 0.05) is 26.2 Å². The van der Waals surface area contributed by atoms with Crippen molar-refractivity contribution in [3.05, 3.63) is 23.8 Å². The molecule has 0 spiro atoms. The van der Waals surface area contributed by atoms with Crippen molar-refractivity contribution < 1.29 is 9.47 Å². The topological polar surface area (TPSA) is 58.1 Å². The predicted octanol–water partition coefficient (Wildman–Crippen LogP) is 3.93. The third kappa shape index (κ3) is 9.29. The molecular weight excluding hydrogens is 491 g/mol. The molecule has 1 aromatic carbocycles. The van der Waals surface area contributed by atoms with Crippen molar-refractivity contribution in [2.75, 3.05) is 53.0 Å². The lowest BCUT2D eigenvalue weighted by molar-refractivity contribution is 0.310. The van der Waals surface area contributed by atoms with E-state index in [1.165, 1.54) is 38.0 Å². The van der Waals surface area contributed by atoms with E-state index >= 15 is 0 Å². The highest BCUT2D eigenvalue weighted by Crippen LogP contribution is 2.28. The van der Waals surface area contributed by atoms with Gasteiger partial charge in [-0.2, -0.15) is 0 Å². The first-order chi connectivity index (χ1) is 14.2. The van der Waals surface area contributed by atoms with Gasteiger partial charge in [0.15, 0.2) is 17.5 Å². The van der Waals surface area contributed by atoms with Crippen LogP contribution in [0.4, 0.5) is 0 Å². The van der Waals surface area contributed by atoms with Crippen molar-refractivity contribution >= 4 is 29.9 Å². The Morgan fingerprint density at radius 1 is 1.20 bits per heavy atom. The van der Waals surface area contributed by atoms with E-state index in [-0.39, 0.29) is 24.0 Å². The number of ether oxygens (including phenoxy) is 2. The van der Waals surface area contributed by atoms with E-state index in [1.54, 1.807) is 7.11 Å². The molecule has 0 radical (unpaired) electrons. The summed E-state index contributed by atoms with van der Waals surface area (Å²) in [6.45, 7) is 13.3. The number of halogens is 1. The summed E-state index contributed by atoms with van der Waals surface area (Å²) in [6, 6.07) is 6.19. The maximum absolute atomic E-state index is 5.68. The summed E-state index contributed by atoms with van der Waals surface area (Å²) in [7, 11) is 1.68. The highest BCUT2D eigenvalue weighted by atomic mass is 127. The predicted molar refractivity (Wildman–Crippen MR) is 137 cm³/mol. The lowest BCUT2D eigenvalue weighted by atomic mass is 10.1. The molecular formula is C23H41IN4O2. The second kappa shape index (κ2) is 15.6. The molecule has 1 aliphatic rings. The molecule has 0 saturated carbocycles. The summed E-state index contributed by atoms with van der Waals surface area (Å²) in [5.74, 6) is 3.24. The number of hydrogen-bond donors (Lipinski definition) is 2. The highest BCUT2D eigenvalue weighted by Gasteiger charge is 2.21. The van der Waals surface area contributed by atoms with Gasteiger partial charge in [-0.15, -0.1) is 24.0 Å². The van der Waals surface area contributed by atoms with Crippen LogP contribution in [0.3, 0.4) is 0 Å². The monoisotopic (exact) mass is 532 g/mol. The third-order valence-corrected chi connectivity index (χ3v) is 5.22. The summed E-state index contributed by atoms with van der Waals surface area (Å²) in [4.78, 5) is 7.39. The van der Waals surface area contributed by atoms with E-state index in [2.05, 4.69) is 41.5 Å². The van der Waals surface area contributed by atoms with Gasteiger partial charge < -0.3 is 25.0 Å². The molecule has 1 unspecified atom stereocenters. The normalized spacial score (nSPS) is 16.8. The Morgan fingerprint density at radius 3 is 2.73 bits per heavy atom. The summed E-state index contributed by atoms with van der Waals surface area (Å²) in [5.41, 5.74) is 1.26. The summed E-state index contributed by atoms with van der Waals surface area (Å²) in [5, 5.41) is 6.85. The van der Waals surface area contributed by atoms with Crippen LogP contribution in [-0.4, -0.2) is 63.8 Å². The average Bonchev–Trinajstić information content (AvgIpc) is 3.17. The van der Waals surface area contributed by atoms with Crippen molar-refractivity contribution in [1.82, 2.24) is 15.5 Å². The van der Waals surface area contributed by atoms with Gasteiger partial charge in [0.05, 0.1) is 13.7 Å². The van der Waals surface area contributed by atoms with Gasteiger partial charge in [0.25, 0.3) is 0 Å². The van der Waals surface area contributed by atoms with E-state index in [0.717, 1.165) is 49.9 Å². The number of guanidine groups is 1. The molecule has 1 atom stereocenters. The standard InChI is InChI=1S/C23H40N4O2.HI/c1-5-14-27-15-12-20(18-27)17-26-23(24-6-2)25-13-8-9-19-10-11-21(28-4)22(16-19)29-7-3;/h10-11,16,20H,5-9,12-15,17-18H2,1-4H3,(H2,24,25,26);1H. The summed E-state index contributed by atoms with van der Waals surface area (Å²) in [6.07, 6.45) is 4.53. The Kier molecular flexibility index (Phi) is 13.9. The van der Waals surface area contributed by atoms with Crippen LogP contribution in [0, 0.1) is 5.92 Å². The van der Waals surface area contributed by atoms with E-state index in [9.17, 15) is 0 Å². The number of benzene rings is 1. The number of nitrogens with one attached hydrogen (secondary N) is 2. The second-order valence-electron chi connectivity index (χ2n) is 7.62. The van der Waals surface area contributed by atoms with Crippen LogP contribution in [0.5, 0.6) is 11.5 Å². The molecule has 6 nitrogen and oxygen atoms in total. The number of nitrogens with zero attached hydrogens (tertiary/aromatic N) is 2. The number of aliphatic imine (C=N–C) groups is 1. The van der Waals surface area contributed by atoms with Crippen LogP contribution in [0.25, 0.3) is 0 Å². The maximum Gasteiger partial charge on any atom is 0.191 e. The van der Waals surface area contributed by atoms with Gasteiger partial charge in [0.2, 0.25) is 0 Å². The molecule has 2 rings (SSSR count). The van der Waals surface area contributed by atoms with Crippen LogP contribution in [0.2, 0.25) is 0 Å². The SMILES string of the molecule is CCCN1CCC(CN=C(NCC)NCCCc2ccc(OC)c(OCC)c2)C1.I. The van der Waals surface area contributed by atoms with Crippen LogP contribution in [0.15, 0.2) is 23.2 Å². The Morgan fingerprint density at radius 2 is 2.03 bits per heavy atom. The molecule has 2 N–H and O–H groups in total. The van der Waals surface area contributed by atoms with Gasteiger partial charge in [-0.25, -0.2) is 0 Å². The van der Waals surface area contributed by atoms with Crippen molar-refractivity contribution in [3.8, 4) is 11.5 Å². The van der Waals surface area contributed by atoms with E-state index in [0.29, 0.717) is 12.5 Å². The lowest BCUT2D eigenvalue weighted by Gasteiger charge is -2.15. The molecule has 1 aliphatic heterocycles. The fourth-order valence-electron chi connectivity index (χ4n) is 3.79. The summed E-state index contributed by atoms with van der Waals surface area (Å²) >= 11 is 0. The van der Waals surface area contributed by atoms with Crippen molar-refractivity contribution in [2.24, 2.45) is 10.9 Å². The fraction of sp³-hybridized carbons (Fsp3) is 0.696. The van der Waals surface area contributed by atoms with Gasteiger partial charge in [-0.1, -0.05) is 13.0 Å². The van der Waals surface area contributed by atoms with E-state index < -0.39 is 0 Å². The first kappa shape index (κ1) is 26.8. The van der Waals surface area contributed by atoms with Crippen molar-refractivity contribution in [2.45, 2.75) is 46.5 Å². The molecule has 172 valence electrons. The molecule has 1 fully saturated rings. The smallest absolute Gasteiger partial charge is 0.191 e. The second-order valence-corrected chi connectivity index (χ2v) is 7.62. The zero-order valence-electron chi connectivity index (χ0n) is 19.2. The molecule has 7 heteroatoms. The minimum absolute atomic E-state index is 0. The average molecular weight is 533 g/mol. The first-order valence-electron chi connectivity index (χ1n) is 11.2. The number of aryl methyl sites for hydroxylation is 1. The van der Waals surface area contributed by atoms with Gasteiger partial charge >= 0.3 is 0 Å². The molecule has 0 aliphatic carbocycles. The number of rotatable bonds is 12. The van der Waals surface area contributed by atoms with Crippen LogP contribution in [-0.2, 0) is 6.42 Å². The Balaban J connectivity index is 0.00000450. The third-order valence-electron chi connectivity index (χ3n) is 5.22. The van der Waals surface area contributed by atoms with E-state index in [1.807, 2.05) is 13.0 Å². The summed E-state index contributed by atoms with van der Waals surface area (Å²) < 4.78 is 11.0. The fourth-order valence-corrected chi connectivity index (χ4v) is 3.79. The molecule has 1 saturated heterocycles. The zero-order chi connectivity index (χ0) is 20.9. The maximum atomic E-state index is 5.68. The number of methoxy groups -OCH3 is 1. The van der Waals surface area contributed by atoms with Crippen molar-refractivity contribution in [3.63, 3.8) is 0 Å². The van der Waals surface area contributed by atoms with Crippen LogP contribution in [0.1, 0.15) is 45.6 Å².